The van der Waals surface area contributed by atoms with E-state index in [1.54, 1.807) is 0 Å². The summed E-state index contributed by atoms with van der Waals surface area (Å²) in [6, 6.07) is 11.8. The first kappa shape index (κ1) is 21.5. The molecular formula is C25H26N4O3S. The molecule has 1 aliphatic heterocycles. The van der Waals surface area contributed by atoms with Crippen molar-refractivity contribution < 1.29 is 14.0 Å². The normalized spacial score (nSPS) is 14.6. The Bertz CT molecular complexity index is 1280. The van der Waals surface area contributed by atoms with E-state index in [2.05, 4.69) is 15.3 Å². The number of amides is 2. The number of piperidine rings is 1. The fourth-order valence-electron chi connectivity index (χ4n) is 4.35. The van der Waals surface area contributed by atoms with Gasteiger partial charge in [0.15, 0.2) is 0 Å². The van der Waals surface area contributed by atoms with E-state index in [0.29, 0.717) is 31.7 Å². The molecule has 0 unspecified atom stereocenters. The molecule has 2 N–H and O–H groups in total. The number of hydrogen-bond acceptors (Lipinski definition) is 5. The minimum atomic E-state index is -0.196. The van der Waals surface area contributed by atoms with Gasteiger partial charge in [-0.1, -0.05) is 18.2 Å². The molecule has 0 spiro atoms. The molecule has 0 bridgehead atoms. The van der Waals surface area contributed by atoms with Gasteiger partial charge in [-0.2, -0.15) is 0 Å². The van der Waals surface area contributed by atoms with Gasteiger partial charge in [0.2, 0.25) is 5.91 Å². The summed E-state index contributed by atoms with van der Waals surface area (Å²) in [5, 5.41) is 6.75. The van der Waals surface area contributed by atoms with Crippen molar-refractivity contribution in [1.29, 1.82) is 0 Å². The second-order valence-corrected chi connectivity index (χ2v) is 9.35. The third kappa shape index (κ3) is 4.71. The molecule has 7 nitrogen and oxygen atoms in total. The Labute approximate surface area is 195 Å². The quantitative estimate of drug-likeness (QED) is 0.444. The molecule has 170 valence electrons. The van der Waals surface area contributed by atoms with Crippen molar-refractivity contribution in [3.63, 3.8) is 0 Å². The number of hydrogen-bond donors (Lipinski definition) is 2. The van der Waals surface area contributed by atoms with Crippen molar-refractivity contribution in [3.05, 3.63) is 75.8 Å². The predicted molar refractivity (Wildman–Crippen MR) is 127 cm³/mol. The molecule has 4 heterocycles. The first-order chi connectivity index (χ1) is 16.1. The molecule has 0 atom stereocenters. The fourth-order valence-corrected chi connectivity index (χ4v) is 5.32. The summed E-state index contributed by atoms with van der Waals surface area (Å²) in [5.41, 5.74) is 2.54. The molecule has 1 fully saturated rings. The number of furan rings is 1. The SMILES string of the molecule is Cc1ccc(CNC(=O)c2csc(C3CCN(C(=O)Cc4c[nH]c5ccccc45)CC3)n2)o1. The topological polar surface area (TPSA) is 91.2 Å². The summed E-state index contributed by atoms with van der Waals surface area (Å²) in [5.74, 6) is 1.78. The second kappa shape index (κ2) is 9.23. The van der Waals surface area contributed by atoms with Crippen LogP contribution >= 0.6 is 11.3 Å². The van der Waals surface area contributed by atoms with Gasteiger partial charge in [0.05, 0.1) is 18.0 Å². The maximum atomic E-state index is 12.9. The van der Waals surface area contributed by atoms with Crippen LogP contribution in [0.2, 0.25) is 0 Å². The average molecular weight is 463 g/mol. The van der Waals surface area contributed by atoms with Crippen LogP contribution in [0.5, 0.6) is 0 Å². The van der Waals surface area contributed by atoms with E-state index < -0.39 is 0 Å². The lowest BCUT2D eigenvalue weighted by Crippen LogP contribution is -2.38. The van der Waals surface area contributed by atoms with Gasteiger partial charge in [-0.15, -0.1) is 11.3 Å². The number of carbonyl (C=O) groups is 2. The van der Waals surface area contributed by atoms with Crippen LogP contribution in [0.3, 0.4) is 0 Å². The molecule has 1 aromatic carbocycles. The van der Waals surface area contributed by atoms with Crippen LogP contribution in [-0.2, 0) is 17.8 Å². The molecule has 3 aromatic heterocycles. The number of thiazole rings is 1. The van der Waals surface area contributed by atoms with E-state index in [0.717, 1.165) is 45.8 Å². The monoisotopic (exact) mass is 462 g/mol. The van der Waals surface area contributed by atoms with Gasteiger partial charge >= 0.3 is 0 Å². The highest BCUT2D eigenvalue weighted by Gasteiger charge is 2.26. The molecular weight excluding hydrogens is 436 g/mol. The van der Waals surface area contributed by atoms with E-state index in [-0.39, 0.29) is 17.7 Å². The zero-order chi connectivity index (χ0) is 22.8. The third-order valence-electron chi connectivity index (χ3n) is 6.19. The number of rotatable bonds is 6. The highest BCUT2D eigenvalue weighted by Crippen LogP contribution is 2.31. The molecule has 0 radical (unpaired) electrons. The van der Waals surface area contributed by atoms with Crippen LogP contribution < -0.4 is 5.32 Å². The van der Waals surface area contributed by atoms with Gasteiger partial charge in [-0.25, -0.2) is 4.98 Å². The molecule has 8 heteroatoms. The predicted octanol–water partition coefficient (Wildman–Crippen LogP) is 4.40. The Hall–Kier alpha value is -3.39. The Morgan fingerprint density at radius 2 is 2.03 bits per heavy atom. The van der Waals surface area contributed by atoms with Gasteiger partial charge in [0.1, 0.15) is 17.2 Å². The zero-order valence-electron chi connectivity index (χ0n) is 18.5. The van der Waals surface area contributed by atoms with Crippen LogP contribution in [0.15, 0.2) is 52.4 Å². The summed E-state index contributed by atoms with van der Waals surface area (Å²) in [6.45, 7) is 3.64. The van der Waals surface area contributed by atoms with Crippen molar-refractivity contribution in [3.8, 4) is 0 Å². The summed E-state index contributed by atoms with van der Waals surface area (Å²) in [6.07, 6.45) is 4.07. The van der Waals surface area contributed by atoms with E-state index in [4.69, 9.17) is 4.42 Å². The molecule has 5 rings (SSSR count). The number of aryl methyl sites for hydroxylation is 1. The van der Waals surface area contributed by atoms with Gasteiger partial charge in [-0.05, 0) is 43.5 Å². The number of benzene rings is 1. The van der Waals surface area contributed by atoms with Crippen LogP contribution in [0.4, 0.5) is 0 Å². The van der Waals surface area contributed by atoms with Crippen molar-refractivity contribution in [1.82, 2.24) is 20.2 Å². The molecule has 1 saturated heterocycles. The van der Waals surface area contributed by atoms with Crippen molar-refractivity contribution in [2.45, 2.75) is 38.6 Å². The van der Waals surface area contributed by atoms with E-state index in [1.807, 2.05) is 59.8 Å². The van der Waals surface area contributed by atoms with Crippen LogP contribution in [-0.4, -0.2) is 39.8 Å². The lowest BCUT2D eigenvalue weighted by Gasteiger charge is -2.31. The van der Waals surface area contributed by atoms with E-state index >= 15 is 0 Å². The Balaban J connectivity index is 1.14. The van der Waals surface area contributed by atoms with Crippen molar-refractivity contribution in [2.75, 3.05) is 13.1 Å². The number of H-pyrrole nitrogens is 1. The number of aromatic nitrogens is 2. The summed E-state index contributed by atoms with van der Waals surface area (Å²) >= 11 is 1.52. The molecule has 4 aromatic rings. The number of carbonyl (C=O) groups excluding carboxylic acids is 2. The smallest absolute Gasteiger partial charge is 0.271 e. The Morgan fingerprint density at radius 1 is 1.21 bits per heavy atom. The molecule has 33 heavy (non-hydrogen) atoms. The van der Waals surface area contributed by atoms with Gasteiger partial charge in [0.25, 0.3) is 5.91 Å². The first-order valence-electron chi connectivity index (χ1n) is 11.2. The first-order valence-corrected chi connectivity index (χ1v) is 12.1. The van der Waals surface area contributed by atoms with Crippen LogP contribution in [0.1, 0.15) is 51.3 Å². The highest BCUT2D eigenvalue weighted by molar-refractivity contribution is 7.09. The second-order valence-electron chi connectivity index (χ2n) is 8.46. The Kier molecular flexibility index (Phi) is 6.00. The summed E-state index contributed by atoms with van der Waals surface area (Å²) in [4.78, 5) is 35.1. The number of nitrogens with one attached hydrogen (secondary N) is 2. The van der Waals surface area contributed by atoms with Gasteiger partial charge in [-0.3, -0.25) is 9.59 Å². The number of nitrogens with zero attached hydrogens (tertiary/aromatic N) is 2. The third-order valence-corrected chi connectivity index (χ3v) is 7.19. The van der Waals surface area contributed by atoms with Crippen LogP contribution in [0, 0.1) is 6.92 Å². The summed E-state index contributed by atoms with van der Waals surface area (Å²) < 4.78 is 5.49. The minimum absolute atomic E-state index is 0.158. The lowest BCUT2D eigenvalue weighted by atomic mass is 9.97. The molecule has 0 saturated carbocycles. The minimum Gasteiger partial charge on any atom is -0.465 e. The molecule has 0 aliphatic carbocycles. The highest BCUT2D eigenvalue weighted by atomic mass is 32.1. The maximum Gasteiger partial charge on any atom is 0.271 e. The lowest BCUT2D eigenvalue weighted by molar-refractivity contribution is -0.131. The van der Waals surface area contributed by atoms with Gasteiger partial charge < -0.3 is 19.6 Å². The number of para-hydroxylation sites is 1. The molecule has 1 aliphatic rings. The largest absolute Gasteiger partial charge is 0.465 e. The standard InChI is InChI=1S/C25H26N4O3S/c1-16-6-7-19(32-16)14-27-24(31)22-15-33-25(28-22)17-8-10-29(11-9-17)23(30)12-18-13-26-21-5-3-2-4-20(18)21/h2-7,13,15,17,26H,8-12,14H2,1H3,(H,27,31). The van der Waals surface area contributed by atoms with Crippen LogP contribution in [0.25, 0.3) is 10.9 Å². The maximum absolute atomic E-state index is 12.9. The van der Waals surface area contributed by atoms with Crippen molar-refractivity contribution >= 4 is 34.1 Å². The number of likely N-dealkylation sites (tertiary alicyclic amines) is 1. The summed E-state index contributed by atoms with van der Waals surface area (Å²) in [7, 11) is 0. The fraction of sp³-hybridized carbons (Fsp3) is 0.320. The number of fused-ring (bicyclic) bond motifs is 1. The van der Waals surface area contributed by atoms with Gasteiger partial charge in [0, 0.05) is 41.5 Å². The Morgan fingerprint density at radius 3 is 2.82 bits per heavy atom. The average Bonchev–Trinajstić information content (AvgIpc) is 3.58. The van der Waals surface area contributed by atoms with E-state index in [9.17, 15) is 9.59 Å². The zero-order valence-corrected chi connectivity index (χ0v) is 19.3. The molecule has 2 amide bonds. The van der Waals surface area contributed by atoms with Crippen molar-refractivity contribution in [2.24, 2.45) is 0 Å². The van der Waals surface area contributed by atoms with E-state index in [1.165, 1.54) is 11.3 Å². The number of aromatic amines is 1.